The van der Waals surface area contributed by atoms with E-state index in [0.717, 1.165) is 12.1 Å². The van der Waals surface area contributed by atoms with Gasteiger partial charge in [0.1, 0.15) is 5.69 Å². The van der Waals surface area contributed by atoms with Crippen LogP contribution >= 0.6 is 0 Å². The summed E-state index contributed by atoms with van der Waals surface area (Å²) in [6, 6.07) is 3.30. The van der Waals surface area contributed by atoms with Gasteiger partial charge in [-0.3, -0.25) is 4.79 Å². The van der Waals surface area contributed by atoms with Crippen molar-refractivity contribution in [2.45, 2.75) is 19.8 Å². The molecule has 1 aromatic rings. The lowest BCUT2D eigenvalue weighted by molar-refractivity contribution is -0.138. The van der Waals surface area contributed by atoms with E-state index >= 15 is 0 Å². The zero-order chi connectivity index (χ0) is 14.3. The molecule has 6 heteroatoms. The van der Waals surface area contributed by atoms with Crippen LogP contribution in [0, 0.1) is 5.92 Å². The highest BCUT2D eigenvalue weighted by atomic mass is 16.5. The monoisotopic (exact) mass is 266 g/mol. The van der Waals surface area contributed by atoms with Crippen molar-refractivity contribution in [1.29, 1.82) is 0 Å². The average molecular weight is 266 g/mol. The van der Waals surface area contributed by atoms with Crippen molar-refractivity contribution in [3.05, 3.63) is 24.0 Å². The number of anilines is 1. The first-order valence-corrected chi connectivity index (χ1v) is 6.06. The fourth-order valence-corrected chi connectivity index (χ4v) is 1.63. The van der Waals surface area contributed by atoms with Crippen LogP contribution in [0.25, 0.3) is 0 Å². The third kappa shape index (κ3) is 4.95. The maximum Gasteiger partial charge on any atom is 0.356 e. The highest BCUT2D eigenvalue weighted by molar-refractivity contribution is 5.88. The van der Waals surface area contributed by atoms with Gasteiger partial charge in [-0.25, -0.2) is 9.78 Å². The van der Waals surface area contributed by atoms with Crippen LogP contribution in [0.5, 0.6) is 0 Å². The number of carbonyl (C=O) groups is 2. The zero-order valence-corrected chi connectivity index (χ0v) is 11.0. The van der Waals surface area contributed by atoms with Gasteiger partial charge < -0.3 is 15.2 Å². The van der Waals surface area contributed by atoms with E-state index in [0.29, 0.717) is 6.54 Å². The summed E-state index contributed by atoms with van der Waals surface area (Å²) in [5.74, 6) is -1.26. The number of rotatable bonds is 7. The van der Waals surface area contributed by atoms with E-state index in [1.54, 1.807) is 12.1 Å². The number of ether oxygens (including phenoxy) is 1. The van der Waals surface area contributed by atoms with Crippen molar-refractivity contribution in [3.8, 4) is 0 Å². The Kier molecular flexibility index (Phi) is 5.78. The minimum absolute atomic E-state index is 0.0484. The summed E-state index contributed by atoms with van der Waals surface area (Å²) in [6.07, 6.45) is 2.40. The van der Waals surface area contributed by atoms with Crippen molar-refractivity contribution in [3.63, 3.8) is 0 Å². The summed E-state index contributed by atoms with van der Waals surface area (Å²) in [5.41, 5.74) is 0.943. The van der Waals surface area contributed by atoms with Gasteiger partial charge in [0.25, 0.3) is 0 Å². The van der Waals surface area contributed by atoms with Crippen molar-refractivity contribution in [2.24, 2.45) is 5.92 Å². The molecule has 2 N–H and O–H groups in total. The van der Waals surface area contributed by atoms with Crippen LogP contribution in [0.15, 0.2) is 18.3 Å². The lowest BCUT2D eigenvalue weighted by Gasteiger charge is -2.14. The second kappa shape index (κ2) is 7.35. The van der Waals surface area contributed by atoms with Crippen LogP contribution in [0.2, 0.25) is 0 Å². The summed E-state index contributed by atoms with van der Waals surface area (Å²) in [5, 5.41) is 11.9. The van der Waals surface area contributed by atoms with E-state index in [1.165, 1.54) is 13.3 Å². The van der Waals surface area contributed by atoms with Gasteiger partial charge in [0.05, 0.1) is 7.11 Å². The first kappa shape index (κ1) is 14.9. The lowest BCUT2D eigenvalue weighted by Crippen LogP contribution is -2.17. The van der Waals surface area contributed by atoms with E-state index in [9.17, 15) is 9.59 Å². The highest BCUT2D eigenvalue weighted by Gasteiger charge is 2.12. The fourth-order valence-electron chi connectivity index (χ4n) is 1.63. The summed E-state index contributed by atoms with van der Waals surface area (Å²) < 4.78 is 4.58. The first-order valence-electron chi connectivity index (χ1n) is 6.06. The van der Waals surface area contributed by atoms with Gasteiger partial charge in [-0.1, -0.05) is 13.3 Å². The molecule has 0 aliphatic rings. The maximum absolute atomic E-state index is 11.3. The number of pyridine rings is 1. The fraction of sp³-hybridized carbons (Fsp3) is 0.462. The molecule has 0 fully saturated rings. The van der Waals surface area contributed by atoms with Crippen LogP contribution in [-0.4, -0.2) is 35.7 Å². The number of esters is 1. The van der Waals surface area contributed by atoms with E-state index in [-0.39, 0.29) is 18.0 Å². The quantitative estimate of drug-likeness (QED) is 0.731. The van der Waals surface area contributed by atoms with Gasteiger partial charge in [-0.05, 0) is 18.1 Å². The average Bonchev–Trinajstić information content (AvgIpc) is 2.42. The molecule has 104 valence electrons. The Morgan fingerprint density at radius 2 is 2.26 bits per heavy atom. The molecular weight excluding hydrogens is 248 g/mol. The molecule has 0 bridgehead atoms. The largest absolute Gasteiger partial charge is 0.481 e. The summed E-state index contributed by atoms with van der Waals surface area (Å²) in [4.78, 5) is 25.9. The number of nitrogens with zero attached hydrogens (tertiary/aromatic N) is 1. The maximum atomic E-state index is 11.3. The zero-order valence-electron chi connectivity index (χ0n) is 11.0. The standard InChI is InChI=1S/C13H18N2O4/c1-3-9(6-12(16)17)8-15-10-4-5-14-11(7-10)13(18)19-2/h4-5,7,9H,3,6,8H2,1-2H3,(H,14,15)(H,16,17). The van der Waals surface area contributed by atoms with E-state index in [4.69, 9.17) is 5.11 Å². The molecule has 0 aliphatic carbocycles. The topological polar surface area (TPSA) is 88.5 Å². The third-order valence-electron chi connectivity index (χ3n) is 2.79. The number of aromatic nitrogens is 1. The number of carboxylic acids is 1. The third-order valence-corrected chi connectivity index (χ3v) is 2.79. The van der Waals surface area contributed by atoms with Gasteiger partial charge in [-0.15, -0.1) is 0 Å². The van der Waals surface area contributed by atoms with E-state index < -0.39 is 11.9 Å². The van der Waals surface area contributed by atoms with Crippen LogP contribution in [0.4, 0.5) is 5.69 Å². The summed E-state index contributed by atoms with van der Waals surface area (Å²) in [7, 11) is 1.30. The Balaban J connectivity index is 2.61. The number of nitrogens with one attached hydrogen (secondary N) is 1. The van der Waals surface area contributed by atoms with Gasteiger partial charge >= 0.3 is 11.9 Å². The van der Waals surface area contributed by atoms with Gasteiger partial charge in [0.15, 0.2) is 0 Å². The van der Waals surface area contributed by atoms with Crippen LogP contribution < -0.4 is 5.32 Å². The summed E-state index contributed by atoms with van der Waals surface area (Å²) in [6.45, 7) is 2.48. The Morgan fingerprint density at radius 1 is 1.53 bits per heavy atom. The summed E-state index contributed by atoms with van der Waals surface area (Å²) >= 11 is 0. The molecule has 0 amide bonds. The van der Waals surface area contributed by atoms with Crippen molar-refractivity contribution < 1.29 is 19.4 Å². The SMILES string of the molecule is CCC(CNc1ccnc(C(=O)OC)c1)CC(=O)O. The number of carbonyl (C=O) groups excluding carboxylic acids is 1. The Hall–Kier alpha value is -2.11. The minimum Gasteiger partial charge on any atom is -0.481 e. The second-order valence-electron chi connectivity index (χ2n) is 4.17. The molecule has 0 radical (unpaired) electrons. The molecule has 0 saturated carbocycles. The number of methoxy groups -OCH3 is 1. The Bertz CT molecular complexity index is 448. The van der Waals surface area contributed by atoms with Crippen LogP contribution in [0.3, 0.4) is 0 Å². The van der Waals surface area contributed by atoms with Gasteiger partial charge in [0.2, 0.25) is 0 Å². The molecule has 1 rings (SSSR count). The molecule has 0 aliphatic heterocycles. The normalized spacial score (nSPS) is 11.7. The first-order chi connectivity index (χ1) is 9.06. The number of hydrogen-bond donors (Lipinski definition) is 2. The van der Waals surface area contributed by atoms with Crippen LogP contribution in [-0.2, 0) is 9.53 Å². The Morgan fingerprint density at radius 3 is 2.84 bits per heavy atom. The lowest BCUT2D eigenvalue weighted by atomic mass is 10.0. The van der Waals surface area contributed by atoms with Crippen molar-refractivity contribution in [1.82, 2.24) is 4.98 Å². The molecule has 1 unspecified atom stereocenters. The number of aliphatic carboxylic acids is 1. The van der Waals surface area contributed by atoms with E-state index in [1.807, 2.05) is 6.92 Å². The predicted octanol–water partition coefficient (Wildman–Crippen LogP) is 1.78. The molecule has 19 heavy (non-hydrogen) atoms. The number of carboxylic acid groups (broad SMARTS) is 1. The molecule has 0 saturated heterocycles. The van der Waals surface area contributed by atoms with Gasteiger partial charge in [-0.2, -0.15) is 0 Å². The van der Waals surface area contributed by atoms with Crippen molar-refractivity contribution >= 4 is 17.6 Å². The molecule has 1 aromatic heterocycles. The minimum atomic E-state index is -0.807. The molecular formula is C13H18N2O4. The number of hydrogen-bond acceptors (Lipinski definition) is 5. The smallest absolute Gasteiger partial charge is 0.356 e. The van der Waals surface area contributed by atoms with E-state index in [2.05, 4.69) is 15.0 Å². The van der Waals surface area contributed by atoms with Crippen LogP contribution in [0.1, 0.15) is 30.3 Å². The molecule has 0 spiro atoms. The predicted molar refractivity (Wildman–Crippen MR) is 70.1 cm³/mol. The molecule has 1 heterocycles. The second-order valence-corrected chi connectivity index (χ2v) is 4.17. The Labute approximate surface area is 111 Å². The molecule has 1 atom stereocenters. The highest BCUT2D eigenvalue weighted by Crippen LogP contribution is 2.13. The molecule has 6 nitrogen and oxygen atoms in total. The molecule has 0 aromatic carbocycles. The van der Waals surface area contributed by atoms with Gasteiger partial charge in [0, 0.05) is 24.8 Å². The van der Waals surface area contributed by atoms with Crippen molar-refractivity contribution in [2.75, 3.05) is 19.0 Å².